The number of anilines is 1. The molecule has 1 unspecified atom stereocenters. The topological polar surface area (TPSA) is 89.6 Å². The third kappa shape index (κ3) is 5.51. The quantitative estimate of drug-likeness (QED) is 0.159. The molecule has 6 aromatic rings. The van der Waals surface area contributed by atoms with Crippen LogP contribution in [0.2, 0.25) is 10.0 Å². The van der Waals surface area contributed by atoms with Crippen LogP contribution < -0.4 is 9.64 Å². The van der Waals surface area contributed by atoms with Crippen LogP contribution in [0.15, 0.2) is 60.7 Å². The minimum Gasteiger partial charge on any atom is -0.494 e. The van der Waals surface area contributed by atoms with E-state index in [1.165, 1.54) is 0 Å². The number of carboxylic acids is 1. The average Bonchev–Trinajstić information content (AvgIpc) is 3.55. The van der Waals surface area contributed by atoms with Crippen molar-refractivity contribution in [3.63, 3.8) is 0 Å². The van der Waals surface area contributed by atoms with Crippen LogP contribution in [0.3, 0.4) is 0 Å². The van der Waals surface area contributed by atoms with Gasteiger partial charge in [0.1, 0.15) is 11.4 Å². The second-order valence-corrected chi connectivity index (χ2v) is 14.1. The standard InChI is InChI=1S/C40H38Cl2N4O4/c1-21-16-28(17-22(2)36(21)42)50-15-9-12-30-31-13-14-33(41)35(34-24(4)43-44(6)25(34)5)37(31)46-23(3)20-45(39(47)38(30)46)27-18-26-10-7-8-11-29(26)32(19-27)40(48)49/h7-8,10-11,13-14,16-19,23H,9,12,15,20H2,1-6H3,(H,48,49). The summed E-state index contributed by atoms with van der Waals surface area (Å²) < 4.78 is 10.2. The third-order valence-corrected chi connectivity index (χ3v) is 10.9. The van der Waals surface area contributed by atoms with Gasteiger partial charge in [-0.25, -0.2) is 4.79 Å². The number of benzene rings is 4. The van der Waals surface area contributed by atoms with E-state index in [2.05, 4.69) is 11.5 Å². The van der Waals surface area contributed by atoms with Gasteiger partial charge in [-0.1, -0.05) is 53.5 Å². The number of hydrogen-bond donors (Lipinski definition) is 1. The van der Waals surface area contributed by atoms with Gasteiger partial charge in [-0.3, -0.25) is 9.48 Å². The molecule has 1 aliphatic rings. The Balaban J connectivity index is 1.37. The third-order valence-electron chi connectivity index (χ3n) is 9.95. The Morgan fingerprint density at radius 1 is 0.980 bits per heavy atom. The number of rotatable bonds is 8. The molecular weight excluding hydrogens is 671 g/mol. The average molecular weight is 710 g/mol. The predicted octanol–water partition coefficient (Wildman–Crippen LogP) is 9.67. The van der Waals surface area contributed by atoms with Crippen LogP contribution in [0.1, 0.15) is 68.3 Å². The highest BCUT2D eigenvalue weighted by atomic mass is 35.5. The number of aromatic carboxylic acids is 1. The van der Waals surface area contributed by atoms with Crippen LogP contribution in [0.25, 0.3) is 32.8 Å². The van der Waals surface area contributed by atoms with E-state index < -0.39 is 5.97 Å². The number of hydrogen-bond acceptors (Lipinski definition) is 4. The molecule has 0 saturated heterocycles. The number of fused-ring (bicyclic) bond motifs is 4. The highest BCUT2D eigenvalue weighted by Crippen LogP contribution is 2.45. The maximum Gasteiger partial charge on any atom is 0.336 e. The fourth-order valence-corrected chi connectivity index (χ4v) is 7.94. The first-order valence-electron chi connectivity index (χ1n) is 16.7. The van der Waals surface area contributed by atoms with E-state index >= 15 is 0 Å². The molecule has 3 heterocycles. The van der Waals surface area contributed by atoms with Crippen LogP contribution in [-0.4, -0.2) is 44.5 Å². The minimum absolute atomic E-state index is 0.159. The lowest BCUT2D eigenvalue weighted by Gasteiger charge is -2.34. The van der Waals surface area contributed by atoms with Gasteiger partial charge in [0.25, 0.3) is 5.91 Å². The maximum atomic E-state index is 14.9. The van der Waals surface area contributed by atoms with E-state index in [0.717, 1.165) is 66.3 Å². The number of aryl methyl sites for hydroxylation is 5. The minimum atomic E-state index is -1.04. The van der Waals surface area contributed by atoms with Gasteiger partial charge in [0, 0.05) is 52.6 Å². The molecule has 1 atom stereocenters. The lowest BCUT2D eigenvalue weighted by molar-refractivity contribution is 0.0698. The zero-order valence-corrected chi connectivity index (χ0v) is 30.4. The van der Waals surface area contributed by atoms with Crippen molar-refractivity contribution in [3.8, 4) is 16.9 Å². The highest BCUT2D eigenvalue weighted by molar-refractivity contribution is 6.35. The van der Waals surface area contributed by atoms with Crippen molar-refractivity contribution in [1.82, 2.24) is 14.3 Å². The Morgan fingerprint density at radius 2 is 1.70 bits per heavy atom. The summed E-state index contributed by atoms with van der Waals surface area (Å²) in [6, 6.07) is 18.5. The fraction of sp³-hybridized carbons (Fsp3) is 0.275. The molecule has 10 heteroatoms. The van der Waals surface area contributed by atoms with E-state index in [-0.39, 0.29) is 17.5 Å². The van der Waals surface area contributed by atoms with Crippen LogP contribution in [-0.2, 0) is 13.5 Å². The molecule has 256 valence electrons. The summed E-state index contributed by atoms with van der Waals surface area (Å²) in [6.45, 7) is 10.8. The summed E-state index contributed by atoms with van der Waals surface area (Å²) in [5.41, 5.74) is 8.65. The maximum absolute atomic E-state index is 14.9. The van der Waals surface area contributed by atoms with Crippen molar-refractivity contribution in [2.24, 2.45) is 7.05 Å². The lowest BCUT2D eigenvalue weighted by Crippen LogP contribution is -2.42. The SMILES string of the molecule is Cc1cc(OCCCc2c3n(c4c(-c5c(C)nn(C)c5C)c(Cl)ccc24)C(C)CN(c2cc(C(=O)O)c4ccccc4c2)C3=O)cc(C)c1Cl. The van der Waals surface area contributed by atoms with Crippen molar-refractivity contribution >= 4 is 62.4 Å². The molecule has 2 aromatic heterocycles. The zero-order valence-electron chi connectivity index (χ0n) is 28.9. The molecule has 0 saturated carbocycles. The molecule has 0 radical (unpaired) electrons. The molecule has 1 amide bonds. The first-order chi connectivity index (χ1) is 23.9. The Morgan fingerprint density at radius 3 is 2.38 bits per heavy atom. The Labute approximate surface area is 300 Å². The monoisotopic (exact) mass is 708 g/mol. The second-order valence-electron chi connectivity index (χ2n) is 13.3. The zero-order chi connectivity index (χ0) is 35.6. The van der Waals surface area contributed by atoms with Gasteiger partial charge in [-0.2, -0.15) is 5.10 Å². The second kappa shape index (κ2) is 12.8. The number of amides is 1. The number of aromatic nitrogens is 3. The van der Waals surface area contributed by atoms with Crippen LogP contribution >= 0.6 is 23.2 Å². The Kier molecular flexibility index (Phi) is 8.65. The van der Waals surface area contributed by atoms with Crippen molar-refractivity contribution < 1.29 is 19.4 Å². The van der Waals surface area contributed by atoms with E-state index in [4.69, 9.17) is 33.0 Å². The van der Waals surface area contributed by atoms with E-state index in [1.807, 2.05) is 88.0 Å². The number of carbonyl (C=O) groups is 2. The van der Waals surface area contributed by atoms with Gasteiger partial charge < -0.3 is 19.3 Å². The number of halogens is 2. The van der Waals surface area contributed by atoms with Gasteiger partial charge in [-0.15, -0.1) is 0 Å². The summed E-state index contributed by atoms with van der Waals surface area (Å²) in [5, 5.41) is 18.5. The first-order valence-corrected chi connectivity index (χ1v) is 17.5. The van der Waals surface area contributed by atoms with Crippen molar-refractivity contribution in [3.05, 3.63) is 110 Å². The van der Waals surface area contributed by atoms with Gasteiger partial charge in [0.15, 0.2) is 0 Å². The van der Waals surface area contributed by atoms with Crippen molar-refractivity contribution in [2.45, 2.75) is 53.5 Å². The molecule has 0 fully saturated rings. The summed E-state index contributed by atoms with van der Waals surface area (Å²) >= 11 is 13.4. The number of ether oxygens (including phenoxy) is 1. The fourth-order valence-electron chi connectivity index (χ4n) is 7.58. The van der Waals surface area contributed by atoms with E-state index in [0.29, 0.717) is 47.8 Å². The molecule has 8 nitrogen and oxygen atoms in total. The Hall–Kier alpha value is -4.79. The summed E-state index contributed by atoms with van der Waals surface area (Å²) in [4.78, 5) is 29.0. The van der Waals surface area contributed by atoms with Gasteiger partial charge in [0.2, 0.25) is 0 Å². The van der Waals surface area contributed by atoms with Crippen LogP contribution in [0.4, 0.5) is 5.69 Å². The first kappa shape index (κ1) is 33.7. The van der Waals surface area contributed by atoms with Gasteiger partial charge in [0.05, 0.1) is 28.4 Å². The molecular formula is C40H38Cl2N4O4. The molecule has 4 aromatic carbocycles. The van der Waals surface area contributed by atoms with E-state index in [1.54, 1.807) is 17.0 Å². The molecule has 50 heavy (non-hydrogen) atoms. The molecule has 7 rings (SSSR count). The smallest absolute Gasteiger partial charge is 0.336 e. The van der Waals surface area contributed by atoms with E-state index in [9.17, 15) is 14.7 Å². The number of nitrogens with zero attached hydrogens (tertiary/aromatic N) is 4. The van der Waals surface area contributed by atoms with Crippen LogP contribution in [0.5, 0.6) is 5.75 Å². The van der Waals surface area contributed by atoms with Gasteiger partial charge in [-0.05, 0) is 105 Å². The number of carboxylic acid groups (broad SMARTS) is 1. The highest BCUT2D eigenvalue weighted by Gasteiger charge is 2.37. The largest absolute Gasteiger partial charge is 0.494 e. The molecule has 1 N–H and O–H groups in total. The molecule has 1 aliphatic heterocycles. The van der Waals surface area contributed by atoms with Crippen molar-refractivity contribution in [2.75, 3.05) is 18.1 Å². The summed E-state index contributed by atoms with van der Waals surface area (Å²) in [7, 11) is 1.92. The molecule has 0 bridgehead atoms. The Bertz CT molecular complexity index is 2350. The summed E-state index contributed by atoms with van der Waals surface area (Å²) in [5.74, 6) is -0.471. The summed E-state index contributed by atoms with van der Waals surface area (Å²) in [6.07, 6.45) is 1.22. The normalized spacial score (nSPS) is 14.5. The molecule has 0 aliphatic carbocycles. The number of carbonyl (C=O) groups excluding carboxylic acids is 1. The van der Waals surface area contributed by atoms with Gasteiger partial charge >= 0.3 is 5.97 Å². The lowest BCUT2D eigenvalue weighted by atomic mass is 9.98. The van der Waals surface area contributed by atoms with Crippen molar-refractivity contribution in [1.29, 1.82) is 0 Å². The molecule has 0 spiro atoms. The predicted molar refractivity (Wildman–Crippen MR) is 201 cm³/mol. The van der Waals surface area contributed by atoms with Crippen LogP contribution in [0, 0.1) is 27.7 Å².